The lowest BCUT2D eigenvalue weighted by atomic mass is 10.2. The highest BCUT2D eigenvalue weighted by atomic mass is 32.1. The first kappa shape index (κ1) is 18.8. The number of aryl methyl sites for hydroxylation is 2. The monoisotopic (exact) mass is 384 g/mol. The number of furan rings is 1. The van der Waals surface area contributed by atoms with Crippen molar-refractivity contribution in [2.24, 2.45) is 0 Å². The van der Waals surface area contributed by atoms with Crippen LogP contribution in [0, 0.1) is 6.92 Å². The number of nitrogens with one attached hydrogen (secondary N) is 2. The van der Waals surface area contributed by atoms with Gasteiger partial charge in [0, 0.05) is 18.5 Å². The van der Waals surface area contributed by atoms with Crippen LogP contribution in [0.3, 0.4) is 0 Å². The van der Waals surface area contributed by atoms with E-state index in [1.165, 1.54) is 11.3 Å². The minimum absolute atomic E-state index is 0.0477. The topological polar surface area (TPSA) is 97.1 Å². The van der Waals surface area contributed by atoms with Crippen molar-refractivity contribution in [2.75, 3.05) is 5.32 Å². The molecule has 0 atom stereocenters. The Hall–Kier alpha value is -3.00. The second kappa shape index (κ2) is 9.09. The fourth-order valence-electron chi connectivity index (χ4n) is 2.42. The molecule has 2 N–H and O–H groups in total. The van der Waals surface area contributed by atoms with Crippen molar-refractivity contribution in [1.82, 2.24) is 15.5 Å². The molecule has 0 radical (unpaired) electrons. The van der Waals surface area contributed by atoms with Crippen molar-refractivity contribution in [1.29, 1.82) is 0 Å². The minimum Gasteiger partial charge on any atom is -0.467 e. The summed E-state index contributed by atoms with van der Waals surface area (Å²) in [6, 6.07) is 11.1. The smallest absolute Gasteiger partial charge is 0.286 e. The molecule has 0 saturated heterocycles. The zero-order valence-electron chi connectivity index (χ0n) is 14.9. The van der Waals surface area contributed by atoms with E-state index in [0.717, 1.165) is 22.0 Å². The van der Waals surface area contributed by atoms with Crippen LogP contribution in [0.2, 0.25) is 0 Å². The lowest BCUT2D eigenvalue weighted by molar-refractivity contribution is -0.121. The summed E-state index contributed by atoms with van der Waals surface area (Å²) in [6.07, 6.45) is 3.19. The molecule has 2 aromatic heterocycles. The molecule has 0 unspecified atom stereocenters. The van der Waals surface area contributed by atoms with Gasteiger partial charge in [0.15, 0.2) is 0 Å². The summed E-state index contributed by atoms with van der Waals surface area (Å²) in [4.78, 5) is 24.1. The Kier molecular flexibility index (Phi) is 6.32. The third-order valence-corrected chi connectivity index (χ3v) is 4.87. The number of hydrogen-bond acceptors (Lipinski definition) is 6. The third-order valence-electron chi connectivity index (χ3n) is 3.89. The number of anilines is 1. The van der Waals surface area contributed by atoms with Crippen LogP contribution in [-0.2, 0) is 17.8 Å². The van der Waals surface area contributed by atoms with E-state index >= 15 is 0 Å². The molecule has 27 heavy (non-hydrogen) atoms. The summed E-state index contributed by atoms with van der Waals surface area (Å²) >= 11 is 1.25. The van der Waals surface area contributed by atoms with Gasteiger partial charge in [0.25, 0.3) is 5.91 Å². The van der Waals surface area contributed by atoms with Crippen molar-refractivity contribution >= 4 is 28.8 Å². The summed E-state index contributed by atoms with van der Waals surface area (Å²) in [5.41, 5.74) is 1.74. The number of amides is 2. The Morgan fingerprint density at radius 1 is 1.15 bits per heavy atom. The molecule has 140 valence electrons. The van der Waals surface area contributed by atoms with Gasteiger partial charge in [0.05, 0.1) is 12.8 Å². The van der Waals surface area contributed by atoms with Crippen molar-refractivity contribution in [3.05, 3.63) is 64.0 Å². The second-order valence-electron chi connectivity index (χ2n) is 5.98. The maximum Gasteiger partial charge on any atom is 0.286 e. The van der Waals surface area contributed by atoms with Gasteiger partial charge in [-0.25, -0.2) is 0 Å². The molecule has 3 aromatic rings. The van der Waals surface area contributed by atoms with Crippen LogP contribution >= 0.6 is 11.3 Å². The van der Waals surface area contributed by atoms with Crippen LogP contribution in [0.4, 0.5) is 5.69 Å². The largest absolute Gasteiger partial charge is 0.467 e. The summed E-state index contributed by atoms with van der Waals surface area (Å²) < 4.78 is 5.16. The number of aromatic nitrogens is 2. The van der Waals surface area contributed by atoms with Gasteiger partial charge in [0.2, 0.25) is 10.9 Å². The quantitative estimate of drug-likeness (QED) is 0.621. The molecule has 0 fully saturated rings. The molecule has 0 aliphatic heterocycles. The van der Waals surface area contributed by atoms with Crippen LogP contribution in [0.1, 0.15) is 39.0 Å². The van der Waals surface area contributed by atoms with Crippen LogP contribution in [0.15, 0.2) is 47.1 Å². The fraction of sp³-hybridized carbons (Fsp3) is 0.263. The van der Waals surface area contributed by atoms with Crippen LogP contribution in [-0.4, -0.2) is 22.0 Å². The van der Waals surface area contributed by atoms with Gasteiger partial charge < -0.3 is 15.1 Å². The number of carbonyl (C=O) groups excluding carboxylic acids is 2. The highest BCUT2D eigenvalue weighted by Crippen LogP contribution is 2.17. The molecular formula is C19H20N4O3S. The minimum atomic E-state index is -0.274. The highest BCUT2D eigenvalue weighted by Gasteiger charge is 2.14. The molecule has 0 aliphatic rings. The van der Waals surface area contributed by atoms with Crippen molar-refractivity contribution in [3.8, 4) is 0 Å². The lowest BCUT2D eigenvalue weighted by Crippen LogP contribution is -2.22. The summed E-state index contributed by atoms with van der Waals surface area (Å²) in [5.74, 6) is 0.398. The Bertz CT molecular complexity index is 905. The zero-order chi connectivity index (χ0) is 19.1. The maximum atomic E-state index is 12.3. The third kappa shape index (κ3) is 5.49. The van der Waals surface area contributed by atoms with Gasteiger partial charge >= 0.3 is 0 Å². The van der Waals surface area contributed by atoms with E-state index in [4.69, 9.17) is 4.42 Å². The standard InChI is InChI=1S/C19H20N4O3S/c1-13-6-2-3-8-15(13)21-18(25)19-23-22-17(27-19)10-4-9-16(24)20-12-14-7-5-11-26-14/h2-3,5-8,11H,4,9-10,12H2,1H3,(H,20,24)(H,21,25). The summed E-state index contributed by atoms with van der Waals surface area (Å²) in [5, 5.41) is 14.7. The predicted molar refractivity (Wildman–Crippen MR) is 103 cm³/mol. The molecule has 7 nitrogen and oxygen atoms in total. The Morgan fingerprint density at radius 2 is 2.00 bits per heavy atom. The molecule has 2 amide bonds. The van der Waals surface area contributed by atoms with Crippen LogP contribution < -0.4 is 10.6 Å². The van der Waals surface area contributed by atoms with Crippen LogP contribution in [0.5, 0.6) is 0 Å². The van der Waals surface area contributed by atoms with Gasteiger partial charge in [-0.3, -0.25) is 9.59 Å². The Morgan fingerprint density at radius 3 is 2.78 bits per heavy atom. The van der Waals surface area contributed by atoms with Gasteiger partial charge in [-0.05, 0) is 37.1 Å². The normalized spacial score (nSPS) is 10.6. The predicted octanol–water partition coefficient (Wildman–Crippen LogP) is 3.33. The van der Waals surface area contributed by atoms with E-state index in [1.54, 1.807) is 12.3 Å². The van der Waals surface area contributed by atoms with E-state index in [-0.39, 0.29) is 11.8 Å². The molecule has 0 bridgehead atoms. The van der Waals surface area contributed by atoms with Crippen molar-refractivity contribution < 1.29 is 14.0 Å². The average molecular weight is 384 g/mol. The number of benzene rings is 1. The van der Waals surface area contributed by atoms with Gasteiger partial charge in [-0.1, -0.05) is 29.5 Å². The first-order valence-electron chi connectivity index (χ1n) is 8.60. The number of nitrogens with zero attached hydrogens (tertiary/aromatic N) is 2. The number of hydrogen-bond donors (Lipinski definition) is 2. The fourth-order valence-corrected chi connectivity index (χ4v) is 3.20. The molecule has 3 rings (SSSR count). The molecular weight excluding hydrogens is 364 g/mol. The lowest BCUT2D eigenvalue weighted by Gasteiger charge is -2.05. The van der Waals surface area contributed by atoms with E-state index in [0.29, 0.717) is 30.8 Å². The number of para-hydroxylation sites is 1. The molecule has 2 heterocycles. The summed E-state index contributed by atoms with van der Waals surface area (Å²) in [6.45, 7) is 2.31. The number of carbonyl (C=O) groups is 2. The van der Waals surface area contributed by atoms with Crippen molar-refractivity contribution in [3.63, 3.8) is 0 Å². The maximum absolute atomic E-state index is 12.3. The molecule has 8 heteroatoms. The van der Waals surface area contributed by atoms with Gasteiger partial charge in [-0.2, -0.15) is 0 Å². The van der Waals surface area contributed by atoms with E-state index in [9.17, 15) is 9.59 Å². The van der Waals surface area contributed by atoms with Crippen molar-refractivity contribution in [2.45, 2.75) is 32.7 Å². The van der Waals surface area contributed by atoms with E-state index < -0.39 is 0 Å². The molecule has 0 spiro atoms. The number of rotatable bonds is 8. The average Bonchev–Trinajstić information content (AvgIpc) is 3.34. The Labute approximate surface area is 160 Å². The molecule has 1 aromatic carbocycles. The first-order valence-corrected chi connectivity index (χ1v) is 9.42. The second-order valence-corrected chi connectivity index (χ2v) is 7.04. The molecule has 0 aliphatic carbocycles. The summed E-state index contributed by atoms with van der Waals surface area (Å²) in [7, 11) is 0. The molecule has 0 saturated carbocycles. The highest BCUT2D eigenvalue weighted by molar-refractivity contribution is 7.13. The zero-order valence-corrected chi connectivity index (χ0v) is 15.7. The van der Waals surface area contributed by atoms with E-state index in [1.807, 2.05) is 37.3 Å². The van der Waals surface area contributed by atoms with E-state index in [2.05, 4.69) is 20.8 Å². The Balaban J connectivity index is 1.43. The van der Waals surface area contributed by atoms with Crippen LogP contribution in [0.25, 0.3) is 0 Å². The SMILES string of the molecule is Cc1ccccc1NC(=O)c1nnc(CCCC(=O)NCc2ccco2)s1. The first-order chi connectivity index (χ1) is 13.1. The van der Waals surface area contributed by atoms with Gasteiger partial charge in [0.1, 0.15) is 10.8 Å². The van der Waals surface area contributed by atoms with Gasteiger partial charge in [-0.15, -0.1) is 10.2 Å².